The Balaban J connectivity index is 1.86. The Morgan fingerprint density at radius 2 is 1.59 bits per heavy atom. The highest BCUT2D eigenvalue weighted by atomic mass is 15.1. The van der Waals surface area contributed by atoms with Crippen LogP contribution >= 0.6 is 0 Å². The largest absolute Gasteiger partial charge is 0.327 e. The highest BCUT2D eigenvalue weighted by Gasteiger charge is 2.49. The van der Waals surface area contributed by atoms with Crippen LogP contribution in [-0.2, 0) is 24.9 Å². The number of nitrogens with zero attached hydrogens (tertiary/aromatic N) is 3. The molecule has 0 amide bonds. The maximum absolute atomic E-state index is 5.13. The molecule has 0 bridgehead atoms. The number of aromatic nitrogens is 3. The molecule has 0 unspecified atom stereocenters. The van der Waals surface area contributed by atoms with E-state index in [4.69, 9.17) is 4.98 Å². The van der Waals surface area contributed by atoms with Crippen molar-refractivity contribution in [3.05, 3.63) is 70.4 Å². The number of fused-ring (bicyclic) bond motifs is 4. The molecule has 2 aromatic carbocycles. The molecule has 0 saturated heterocycles. The first-order valence-corrected chi connectivity index (χ1v) is 11.5. The number of hydrogen-bond donors (Lipinski definition) is 0. The summed E-state index contributed by atoms with van der Waals surface area (Å²) in [6, 6.07) is 13.6. The lowest BCUT2D eigenvalue weighted by Crippen LogP contribution is -2.48. The molecule has 0 aliphatic heterocycles. The van der Waals surface area contributed by atoms with E-state index in [0.29, 0.717) is 0 Å². The van der Waals surface area contributed by atoms with Crippen LogP contribution < -0.4 is 4.57 Å². The minimum absolute atomic E-state index is 0.00697. The molecule has 32 heavy (non-hydrogen) atoms. The summed E-state index contributed by atoms with van der Waals surface area (Å²) in [6.45, 7) is 16.1. The van der Waals surface area contributed by atoms with Crippen LogP contribution in [-0.4, -0.2) is 9.55 Å². The zero-order valence-corrected chi connectivity index (χ0v) is 20.9. The van der Waals surface area contributed by atoms with Gasteiger partial charge >= 0.3 is 0 Å². The summed E-state index contributed by atoms with van der Waals surface area (Å²) in [5, 5.41) is 0. The first-order chi connectivity index (χ1) is 15.0. The van der Waals surface area contributed by atoms with Gasteiger partial charge in [0.2, 0.25) is 5.69 Å². The number of aryl methyl sites for hydroxylation is 4. The van der Waals surface area contributed by atoms with E-state index in [-0.39, 0.29) is 10.8 Å². The Morgan fingerprint density at radius 3 is 2.31 bits per heavy atom. The first kappa shape index (κ1) is 20.9. The summed E-state index contributed by atoms with van der Waals surface area (Å²) >= 11 is 0. The minimum Gasteiger partial charge on any atom is -0.327 e. The van der Waals surface area contributed by atoms with Gasteiger partial charge in [-0.05, 0) is 60.6 Å². The number of benzene rings is 2. The smallest absolute Gasteiger partial charge is 0.216 e. The molecule has 164 valence electrons. The van der Waals surface area contributed by atoms with E-state index in [9.17, 15) is 0 Å². The molecule has 5 rings (SSSR count). The zero-order valence-electron chi connectivity index (χ0n) is 20.9. The van der Waals surface area contributed by atoms with Crippen LogP contribution in [0.1, 0.15) is 55.5 Å². The summed E-state index contributed by atoms with van der Waals surface area (Å²) in [5.41, 5.74) is 12.9. The van der Waals surface area contributed by atoms with Crippen molar-refractivity contribution in [2.45, 2.75) is 59.3 Å². The summed E-state index contributed by atoms with van der Waals surface area (Å²) in [6.07, 6.45) is 2.17. The maximum atomic E-state index is 5.13. The third-order valence-electron chi connectivity index (χ3n) is 8.35. The number of imidazole rings is 1. The zero-order chi connectivity index (χ0) is 23.2. The van der Waals surface area contributed by atoms with Crippen molar-refractivity contribution in [3.8, 4) is 22.6 Å². The molecule has 0 radical (unpaired) electrons. The monoisotopic (exact) mass is 424 g/mol. The summed E-state index contributed by atoms with van der Waals surface area (Å²) in [5.74, 6) is 1.04. The van der Waals surface area contributed by atoms with E-state index in [1.165, 1.54) is 50.2 Å². The number of rotatable bonds is 1. The fraction of sp³-hybridized carbons (Fsp3) is 0.379. The lowest BCUT2D eigenvalue weighted by Gasteiger charge is -2.47. The van der Waals surface area contributed by atoms with Gasteiger partial charge in [-0.1, -0.05) is 45.9 Å². The second-order valence-corrected chi connectivity index (χ2v) is 10.7. The second-order valence-electron chi connectivity index (χ2n) is 10.7. The molecule has 1 aliphatic carbocycles. The highest BCUT2D eigenvalue weighted by molar-refractivity contribution is 5.87. The lowest BCUT2D eigenvalue weighted by molar-refractivity contribution is -0.661. The van der Waals surface area contributed by atoms with E-state index in [1.54, 1.807) is 0 Å². The third kappa shape index (κ3) is 2.54. The van der Waals surface area contributed by atoms with E-state index in [1.807, 2.05) is 0 Å². The molecule has 0 spiro atoms. The molecule has 2 heterocycles. The predicted molar refractivity (Wildman–Crippen MR) is 133 cm³/mol. The molecule has 0 saturated carbocycles. The first-order valence-electron chi connectivity index (χ1n) is 11.5. The molecular weight excluding hydrogens is 390 g/mol. The van der Waals surface area contributed by atoms with Crippen LogP contribution in [0.15, 0.2) is 42.6 Å². The molecule has 0 atom stereocenters. The SMILES string of the molecule is Cc1cc(C)c2nc(-c3ccc4c(c3C)-c3c(ccc[n+]3C)C(C)(C)C4(C)C)n(C)c2c1. The van der Waals surface area contributed by atoms with E-state index < -0.39 is 0 Å². The summed E-state index contributed by atoms with van der Waals surface area (Å²) < 4.78 is 4.55. The van der Waals surface area contributed by atoms with Crippen molar-refractivity contribution >= 4 is 11.0 Å². The Hall–Kier alpha value is -2.94. The average Bonchev–Trinajstić information content (AvgIpc) is 3.03. The van der Waals surface area contributed by atoms with Crippen LogP contribution in [0.25, 0.3) is 33.7 Å². The van der Waals surface area contributed by atoms with E-state index >= 15 is 0 Å². The third-order valence-corrected chi connectivity index (χ3v) is 8.35. The van der Waals surface area contributed by atoms with Gasteiger partial charge in [-0.25, -0.2) is 9.55 Å². The lowest BCUT2D eigenvalue weighted by atomic mass is 9.55. The quantitative estimate of drug-likeness (QED) is 0.332. The standard InChI is InChI=1S/C29H34N3/c1-17-15-18(2)25-23(16-17)32(9)27(30-25)20-12-13-21-24(19(20)3)26-22(11-10-14-31(26)8)29(6,7)28(21,4)5/h10-16H,1-9H3/q+1. The van der Waals surface area contributed by atoms with Crippen molar-refractivity contribution in [1.29, 1.82) is 0 Å². The van der Waals surface area contributed by atoms with Gasteiger partial charge in [-0.2, -0.15) is 0 Å². The van der Waals surface area contributed by atoms with Gasteiger partial charge < -0.3 is 4.57 Å². The Labute approximate surface area is 191 Å². The molecule has 4 aromatic rings. The van der Waals surface area contributed by atoms with Gasteiger partial charge in [0.05, 0.1) is 16.6 Å². The van der Waals surface area contributed by atoms with Crippen LogP contribution in [0.4, 0.5) is 0 Å². The van der Waals surface area contributed by atoms with E-state index in [2.05, 4.69) is 114 Å². The van der Waals surface area contributed by atoms with Crippen molar-refractivity contribution in [3.63, 3.8) is 0 Å². The van der Waals surface area contributed by atoms with Gasteiger partial charge in [-0.15, -0.1) is 0 Å². The van der Waals surface area contributed by atoms with Crippen LogP contribution in [0.3, 0.4) is 0 Å². The van der Waals surface area contributed by atoms with Gasteiger partial charge in [0.15, 0.2) is 6.20 Å². The molecule has 0 fully saturated rings. The van der Waals surface area contributed by atoms with Crippen LogP contribution in [0.5, 0.6) is 0 Å². The Bertz CT molecular complexity index is 1420. The second kappa shape index (κ2) is 6.54. The Morgan fingerprint density at radius 1 is 0.906 bits per heavy atom. The van der Waals surface area contributed by atoms with Crippen molar-refractivity contribution in [1.82, 2.24) is 9.55 Å². The van der Waals surface area contributed by atoms with Gasteiger partial charge in [0.25, 0.3) is 0 Å². The topological polar surface area (TPSA) is 21.7 Å². The molecule has 3 heteroatoms. The Kier molecular flexibility index (Phi) is 4.28. The van der Waals surface area contributed by atoms with Crippen molar-refractivity contribution < 1.29 is 4.57 Å². The number of pyridine rings is 1. The van der Waals surface area contributed by atoms with Crippen LogP contribution in [0.2, 0.25) is 0 Å². The normalized spacial score (nSPS) is 16.2. The van der Waals surface area contributed by atoms with E-state index in [0.717, 1.165) is 11.3 Å². The molecule has 1 aliphatic rings. The number of hydrogen-bond acceptors (Lipinski definition) is 1. The minimum atomic E-state index is 0.00697. The van der Waals surface area contributed by atoms with Crippen molar-refractivity contribution in [2.24, 2.45) is 14.1 Å². The average molecular weight is 425 g/mol. The highest BCUT2D eigenvalue weighted by Crippen LogP contribution is 2.54. The molecule has 2 aromatic heterocycles. The van der Waals surface area contributed by atoms with Gasteiger partial charge in [0.1, 0.15) is 12.9 Å². The molecular formula is C29H34N3+. The predicted octanol–water partition coefficient (Wildman–Crippen LogP) is 6.23. The summed E-state index contributed by atoms with van der Waals surface area (Å²) in [7, 11) is 4.31. The maximum Gasteiger partial charge on any atom is 0.216 e. The molecule has 3 nitrogen and oxygen atoms in total. The van der Waals surface area contributed by atoms with Gasteiger partial charge in [0, 0.05) is 29.7 Å². The van der Waals surface area contributed by atoms with Crippen molar-refractivity contribution in [2.75, 3.05) is 0 Å². The fourth-order valence-corrected chi connectivity index (χ4v) is 5.76. The fourth-order valence-electron chi connectivity index (χ4n) is 5.76. The summed E-state index contributed by atoms with van der Waals surface area (Å²) in [4.78, 5) is 5.13. The van der Waals surface area contributed by atoms with Gasteiger partial charge in [-0.3, -0.25) is 0 Å². The molecule has 0 N–H and O–H groups in total. The van der Waals surface area contributed by atoms with Crippen LogP contribution in [0, 0.1) is 20.8 Å².